The Hall–Kier alpha value is -1.38. The van der Waals surface area contributed by atoms with Gasteiger partial charge in [0.2, 0.25) is 15.9 Å². The SMILES string of the molecule is CC(=O)NCCNS(=O)(=O)c1cc(N)c(F)cc1Cl. The van der Waals surface area contributed by atoms with E-state index < -0.39 is 15.8 Å². The second-order valence-electron chi connectivity index (χ2n) is 3.68. The van der Waals surface area contributed by atoms with E-state index in [4.69, 9.17) is 17.3 Å². The van der Waals surface area contributed by atoms with Gasteiger partial charge in [0, 0.05) is 20.0 Å². The highest BCUT2D eigenvalue weighted by Gasteiger charge is 2.19. The Balaban J connectivity index is 2.83. The first-order chi connectivity index (χ1) is 8.74. The largest absolute Gasteiger partial charge is 0.396 e. The van der Waals surface area contributed by atoms with E-state index in [-0.39, 0.29) is 34.6 Å². The fourth-order valence-electron chi connectivity index (χ4n) is 1.25. The average Bonchev–Trinajstić information content (AvgIpc) is 2.29. The van der Waals surface area contributed by atoms with Crippen LogP contribution in [-0.2, 0) is 14.8 Å². The Morgan fingerprint density at radius 3 is 2.63 bits per heavy atom. The van der Waals surface area contributed by atoms with Crippen molar-refractivity contribution in [1.82, 2.24) is 10.0 Å². The summed E-state index contributed by atoms with van der Waals surface area (Å²) < 4.78 is 39.0. The number of benzene rings is 1. The second-order valence-corrected chi connectivity index (χ2v) is 5.83. The van der Waals surface area contributed by atoms with Crippen LogP contribution in [0.2, 0.25) is 5.02 Å². The fourth-order valence-corrected chi connectivity index (χ4v) is 2.83. The van der Waals surface area contributed by atoms with Crippen LogP contribution in [-0.4, -0.2) is 27.4 Å². The standard InChI is InChI=1S/C10H13ClFN3O3S/c1-6(16)14-2-3-15-19(17,18)10-5-9(13)8(12)4-7(10)11/h4-5,15H,2-3,13H2,1H3,(H,14,16). The minimum atomic E-state index is -3.91. The molecule has 0 saturated heterocycles. The second kappa shape index (κ2) is 6.18. The summed E-state index contributed by atoms with van der Waals surface area (Å²) in [7, 11) is -3.91. The van der Waals surface area contributed by atoms with E-state index in [1.54, 1.807) is 0 Å². The molecule has 0 aliphatic rings. The van der Waals surface area contributed by atoms with E-state index in [0.29, 0.717) is 0 Å². The van der Waals surface area contributed by atoms with E-state index in [2.05, 4.69) is 10.0 Å². The van der Waals surface area contributed by atoms with Gasteiger partial charge in [-0.1, -0.05) is 11.6 Å². The van der Waals surface area contributed by atoms with Crippen LogP contribution in [0.15, 0.2) is 17.0 Å². The van der Waals surface area contributed by atoms with Crippen LogP contribution in [0.1, 0.15) is 6.92 Å². The van der Waals surface area contributed by atoms with Crippen molar-refractivity contribution in [2.24, 2.45) is 0 Å². The molecule has 106 valence electrons. The molecule has 0 fully saturated rings. The lowest BCUT2D eigenvalue weighted by Gasteiger charge is -2.09. The zero-order valence-corrected chi connectivity index (χ0v) is 11.6. The number of halogens is 2. The molecule has 9 heteroatoms. The van der Waals surface area contributed by atoms with Crippen LogP contribution in [0.3, 0.4) is 0 Å². The summed E-state index contributed by atoms with van der Waals surface area (Å²) in [6.45, 7) is 1.42. The first-order valence-electron chi connectivity index (χ1n) is 5.22. The molecule has 1 aromatic rings. The van der Waals surface area contributed by atoms with Crippen molar-refractivity contribution >= 4 is 33.2 Å². The summed E-state index contributed by atoms with van der Waals surface area (Å²) >= 11 is 5.66. The van der Waals surface area contributed by atoms with E-state index in [1.807, 2.05) is 0 Å². The zero-order chi connectivity index (χ0) is 14.6. The van der Waals surface area contributed by atoms with Crippen molar-refractivity contribution in [3.63, 3.8) is 0 Å². The Kier molecular flexibility index (Phi) is 5.10. The number of carbonyl (C=O) groups is 1. The number of amides is 1. The summed E-state index contributed by atoms with van der Waals surface area (Å²) in [4.78, 5) is 10.3. The molecule has 0 saturated carbocycles. The van der Waals surface area contributed by atoms with Crippen molar-refractivity contribution in [1.29, 1.82) is 0 Å². The van der Waals surface area contributed by atoms with Crippen molar-refractivity contribution in [2.45, 2.75) is 11.8 Å². The lowest BCUT2D eigenvalue weighted by Crippen LogP contribution is -2.33. The van der Waals surface area contributed by atoms with E-state index in [0.717, 1.165) is 12.1 Å². The lowest BCUT2D eigenvalue weighted by atomic mass is 10.3. The van der Waals surface area contributed by atoms with E-state index >= 15 is 0 Å². The van der Waals surface area contributed by atoms with Gasteiger partial charge in [0.25, 0.3) is 0 Å². The predicted molar refractivity (Wildman–Crippen MR) is 69.7 cm³/mol. The zero-order valence-electron chi connectivity index (χ0n) is 10.0. The molecule has 0 spiro atoms. The molecule has 0 aromatic heterocycles. The Labute approximate surface area is 115 Å². The molecule has 0 aliphatic carbocycles. The van der Waals surface area contributed by atoms with Gasteiger partial charge in [0.15, 0.2) is 0 Å². The highest BCUT2D eigenvalue weighted by Crippen LogP contribution is 2.25. The van der Waals surface area contributed by atoms with E-state index in [1.165, 1.54) is 6.92 Å². The molecule has 0 atom stereocenters. The number of nitrogens with two attached hydrogens (primary N) is 1. The predicted octanol–water partition coefficient (Wildman–Crippen LogP) is 0.476. The highest BCUT2D eigenvalue weighted by atomic mass is 35.5. The van der Waals surface area contributed by atoms with Crippen molar-refractivity contribution < 1.29 is 17.6 Å². The van der Waals surface area contributed by atoms with E-state index in [9.17, 15) is 17.6 Å². The molecule has 0 bridgehead atoms. The number of carbonyl (C=O) groups excluding carboxylic acids is 1. The molecule has 1 aromatic carbocycles. The third-order valence-electron chi connectivity index (χ3n) is 2.13. The summed E-state index contributed by atoms with van der Waals surface area (Å²) in [5.41, 5.74) is 4.98. The maximum Gasteiger partial charge on any atom is 0.242 e. The molecule has 19 heavy (non-hydrogen) atoms. The van der Waals surface area contributed by atoms with Crippen molar-refractivity contribution in [3.8, 4) is 0 Å². The Morgan fingerprint density at radius 2 is 2.05 bits per heavy atom. The first kappa shape index (κ1) is 15.7. The Bertz CT molecular complexity index is 592. The Morgan fingerprint density at radius 1 is 1.42 bits per heavy atom. The molecule has 1 rings (SSSR count). The van der Waals surface area contributed by atoms with Gasteiger partial charge < -0.3 is 11.1 Å². The fraction of sp³-hybridized carbons (Fsp3) is 0.300. The highest BCUT2D eigenvalue weighted by molar-refractivity contribution is 7.89. The number of sulfonamides is 1. The summed E-state index contributed by atoms with van der Waals surface area (Å²) in [6, 6.07) is 1.78. The van der Waals surface area contributed by atoms with Crippen molar-refractivity contribution in [2.75, 3.05) is 18.8 Å². The molecular weight excluding hydrogens is 297 g/mol. The van der Waals surface area contributed by atoms with Crippen LogP contribution in [0.5, 0.6) is 0 Å². The summed E-state index contributed by atoms with van der Waals surface area (Å²) in [6.07, 6.45) is 0. The molecule has 6 nitrogen and oxygen atoms in total. The van der Waals surface area contributed by atoms with Gasteiger partial charge in [0.05, 0.1) is 10.7 Å². The molecular formula is C10H13ClFN3O3S. The minimum absolute atomic E-state index is 0.0183. The molecule has 0 aliphatic heterocycles. The summed E-state index contributed by atoms with van der Waals surface area (Å²) in [5, 5.41) is 2.16. The number of anilines is 1. The van der Waals surface area contributed by atoms with Crippen LogP contribution >= 0.6 is 11.6 Å². The normalized spacial score (nSPS) is 11.3. The maximum atomic E-state index is 13.1. The molecule has 1 amide bonds. The topological polar surface area (TPSA) is 101 Å². The van der Waals surface area contributed by atoms with Gasteiger partial charge in [-0.3, -0.25) is 4.79 Å². The lowest BCUT2D eigenvalue weighted by molar-refractivity contribution is -0.118. The van der Waals surface area contributed by atoms with Gasteiger partial charge in [0.1, 0.15) is 10.7 Å². The van der Waals surface area contributed by atoms with Crippen LogP contribution in [0.4, 0.5) is 10.1 Å². The number of nitrogens with one attached hydrogen (secondary N) is 2. The number of nitrogen functional groups attached to an aromatic ring is 1. The van der Waals surface area contributed by atoms with Crippen LogP contribution in [0.25, 0.3) is 0 Å². The van der Waals surface area contributed by atoms with Gasteiger partial charge in [-0.25, -0.2) is 17.5 Å². The number of hydrogen-bond donors (Lipinski definition) is 3. The van der Waals surface area contributed by atoms with Gasteiger partial charge >= 0.3 is 0 Å². The van der Waals surface area contributed by atoms with Crippen LogP contribution in [0, 0.1) is 5.82 Å². The summed E-state index contributed by atoms with van der Waals surface area (Å²) in [5.74, 6) is -1.06. The number of hydrogen-bond acceptors (Lipinski definition) is 4. The van der Waals surface area contributed by atoms with Crippen molar-refractivity contribution in [3.05, 3.63) is 23.0 Å². The quantitative estimate of drug-likeness (QED) is 0.544. The monoisotopic (exact) mass is 309 g/mol. The first-order valence-corrected chi connectivity index (χ1v) is 7.09. The molecule has 4 N–H and O–H groups in total. The van der Waals surface area contributed by atoms with Gasteiger partial charge in [-0.2, -0.15) is 0 Å². The number of rotatable bonds is 5. The molecule has 0 radical (unpaired) electrons. The third kappa shape index (κ3) is 4.34. The molecule has 0 heterocycles. The van der Waals surface area contributed by atoms with Gasteiger partial charge in [-0.05, 0) is 12.1 Å². The maximum absolute atomic E-state index is 13.1. The average molecular weight is 310 g/mol. The van der Waals surface area contributed by atoms with Crippen LogP contribution < -0.4 is 15.8 Å². The molecule has 0 unspecified atom stereocenters. The minimum Gasteiger partial charge on any atom is -0.396 e. The third-order valence-corrected chi connectivity index (χ3v) is 4.06. The smallest absolute Gasteiger partial charge is 0.242 e. The van der Waals surface area contributed by atoms with Gasteiger partial charge in [-0.15, -0.1) is 0 Å².